The van der Waals surface area contributed by atoms with Crippen molar-refractivity contribution in [1.82, 2.24) is 9.80 Å². The molecule has 2 aromatic carbocycles. The quantitative estimate of drug-likeness (QED) is 0.402. The lowest BCUT2D eigenvalue weighted by Gasteiger charge is -2.39. The maximum Gasteiger partial charge on any atom is 0.161 e. The third-order valence-corrected chi connectivity index (χ3v) is 6.58. The summed E-state index contributed by atoms with van der Waals surface area (Å²) in [7, 11) is 3.43. The fourth-order valence-electron chi connectivity index (χ4n) is 4.45. The predicted octanol–water partition coefficient (Wildman–Crippen LogP) is 5.81. The smallest absolute Gasteiger partial charge is 0.161 e. The molecule has 0 spiro atoms. The third-order valence-electron chi connectivity index (χ3n) is 6.33. The van der Waals surface area contributed by atoms with Crippen molar-refractivity contribution in [2.75, 3.05) is 46.9 Å². The van der Waals surface area contributed by atoms with Gasteiger partial charge in [-0.25, -0.2) is 0 Å². The lowest BCUT2D eigenvalue weighted by atomic mass is 9.88. The Balaban J connectivity index is 0.00000341. The predicted molar refractivity (Wildman–Crippen MR) is 135 cm³/mol. The van der Waals surface area contributed by atoms with E-state index in [0.717, 1.165) is 68.5 Å². The number of methoxy groups -OCH3 is 2. The van der Waals surface area contributed by atoms with Gasteiger partial charge in [-0.15, -0.1) is 17.0 Å². The molecule has 0 aliphatic carbocycles. The van der Waals surface area contributed by atoms with E-state index in [1.807, 2.05) is 12.1 Å². The number of hydrogen-bond donors (Lipinski definition) is 0. The molecule has 2 aromatic rings. The summed E-state index contributed by atoms with van der Waals surface area (Å²) in [6.07, 6.45) is 3.14. The van der Waals surface area contributed by atoms with Gasteiger partial charge < -0.3 is 14.4 Å². The Bertz CT molecular complexity index is 812. The second kappa shape index (κ2) is 12.7. The molecule has 0 fully saturated rings. The van der Waals surface area contributed by atoms with Crippen LogP contribution in [0.4, 0.5) is 0 Å². The maximum absolute atomic E-state index is 6.07. The van der Waals surface area contributed by atoms with Crippen molar-refractivity contribution in [3.05, 3.63) is 58.1 Å². The highest BCUT2D eigenvalue weighted by Gasteiger charge is 2.29. The summed E-state index contributed by atoms with van der Waals surface area (Å²) in [6, 6.07) is 13.0. The van der Waals surface area contributed by atoms with Crippen LogP contribution in [0.1, 0.15) is 43.0 Å². The van der Waals surface area contributed by atoms with Gasteiger partial charge in [-0.3, -0.25) is 4.90 Å². The SMILES string of the molecule is Br.CCN(CC)CCN1CCc2cc(OC)c(OC)cc2C1CCc1ccc(Cl)cc1. The fourth-order valence-corrected chi connectivity index (χ4v) is 4.58. The minimum absolute atomic E-state index is 0. The highest BCUT2D eigenvalue weighted by molar-refractivity contribution is 8.93. The van der Waals surface area contributed by atoms with Crippen LogP contribution in [-0.2, 0) is 12.8 Å². The van der Waals surface area contributed by atoms with Gasteiger partial charge in [0.25, 0.3) is 0 Å². The Hall–Kier alpha value is -1.27. The van der Waals surface area contributed by atoms with Crippen molar-refractivity contribution < 1.29 is 9.47 Å². The summed E-state index contributed by atoms with van der Waals surface area (Å²) < 4.78 is 11.2. The molecule has 1 atom stereocenters. The maximum atomic E-state index is 6.07. The van der Waals surface area contributed by atoms with Crippen LogP contribution >= 0.6 is 28.6 Å². The molecular formula is C25H36BrClN2O2. The van der Waals surface area contributed by atoms with Crippen LogP contribution in [0.5, 0.6) is 11.5 Å². The van der Waals surface area contributed by atoms with Crippen molar-refractivity contribution in [3.63, 3.8) is 0 Å². The van der Waals surface area contributed by atoms with E-state index in [4.69, 9.17) is 21.1 Å². The van der Waals surface area contributed by atoms with E-state index in [-0.39, 0.29) is 17.0 Å². The van der Waals surface area contributed by atoms with Crippen molar-refractivity contribution in [1.29, 1.82) is 0 Å². The Morgan fingerprint density at radius 2 is 1.68 bits per heavy atom. The number of likely N-dealkylation sites (N-methyl/N-ethyl adjacent to an activating group) is 1. The monoisotopic (exact) mass is 510 g/mol. The number of nitrogens with zero attached hydrogens (tertiary/aromatic N) is 2. The van der Waals surface area contributed by atoms with E-state index in [9.17, 15) is 0 Å². The van der Waals surface area contributed by atoms with Crippen molar-refractivity contribution >= 4 is 28.6 Å². The molecule has 0 bridgehead atoms. The Morgan fingerprint density at radius 1 is 1.03 bits per heavy atom. The molecule has 0 aromatic heterocycles. The van der Waals surface area contributed by atoms with Crippen molar-refractivity contribution in [3.8, 4) is 11.5 Å². The van der Waals surface area contributed by atoms with Crippen LogP contribution in [0.15, 0.2) is 36.4 Å². The van der Waals surface area contributed by atoms with Crippen LogP contribution in [-0.4, -0.2) is 56.7 Å². The summed E-state index contributed by atoms with van der Waals surface area (Å²) in [5.74, 6) is 1.64. The van der Waals surface area contributed by atoms with E-state index in [1.54, 1.807) is 14.2 Å². The molecule has 1 unspecified atom stereocenters. The lowest BCUT2D eigenvalue weighted by molar-refractivity contribution is 0.148. The number of fused-ring (bicyclic) bond motifs is 1. The number of rotatable bonds is 10. The van der Waals surface area contributed by atoms with Crippen molar-refractivity contribution in [2.45, 2.75) is 39.2 Å². The van der Waals surface area contributed by atoms with Gasteiger partial charge in [-0.2, -0.15) is 0 Å². The topological polar surface area (TPSA) is 24.9 Å². The molecule has 0 radical (unpaired) electrons. The number of hydrogen-bond acceptors (Lipinski definition) is 4. The van der Waals surface area contributed by atoms with E-state index < -0.39 is 0 Å². The summed E-state index contributed by atoms with van der Waals surface area (Å²) in [5.41, 5.74) is 4.09. The number of halogens is 2. The van der Waals surface area contributed by atoms with Crippen molar-refractivity contribution in [2.24, 2.45) is 0 Å². The molecule has 0 amide bonds. The molecule has 1 aliphatic rings. The van der Waals surface area contributed by atoms with Crippen LogP contribution in [0.3, 0.4) is 0 Å². The summed E-state index contributed by atoms with van der Waals surface area (Å²) in [4.78, 5) is 5.16. The van der Waals surface area contributed by atoms with Gasteiger partial charge in [0, 0.05) is 30.7 Å². The van der Waals surface area contributed by atoms with Gasteiger partial charge in [0.2, 0.25) is 0 Å². The second-order valence-corrected chi connectivity index (χ2v) is 8.34. The summed E-state index contributed by atoms with van der Waals surface area (Å²) in [5, 5.41) is 0.791. The number of benzene rings is 2. The van der Waals surface area contributed by atoms with Crippen LogP contribution in [0, 0.1) is 0 Å². The first-order chi connectivity index (χ1) is 14.6. The molecule has 6 heteroatoms. The van der Waals surface area contributed by atoms with E-state index in [2.05, 4.69) is 47.9 Å². The average Bonchev–Trinajstić information content (AvgIpc) is 2.78. The summed E-state index contributed by atoms with van der Waals surface area (Å²) >= 11 is 6.07. The average molecular weight is 512 g/mol. The first-order valence-corrected chi connectivity index (χ1v) is 11.4. The number of aryl methyl sites for hydroxylation is 1. The molecule has 0 saturated heterocycles. The van der Waals surface area contributed by atoms with Gasteiger partial charge in [0.05, 0.1) is 14.2 Å². The third kappa shape index (κ3) is 6.61. The van der Waals surface area contributed by atoms with Gasteiger partial charge in [0.1, 0.15) is 0 Å². The zero-order valence-corrected chi connectivity index (χ0v) is 21.7. The molecule has 3 rings (SSSR count). The largest absolute Gasteiger partial charge is 0.493 e. The first-order valence-electron chi connectivity index (χ1n) is 11.0. The fraction of sp³-hybridized carbons (Fsp3) is 0.520. The van der Waals surface area contributed by atoms with E-state index in [1.165, 1.54) is 16.7 Å². The summed E-state index contributed by atoms with van der Waals surface area (Å²) in [6.45, 7) is 9.94. The Morgan fingerprint density at radius 3 is 2.29 bits per heavy atom. The van der Waals surface area contributed by atoms with E-state index in [0.29, 0.717) is 6.04 Å². The molecule has 1 aliphatic heterocycles. The highest BCUT2D eigenvalue weighted by atomic mass is 79.9. The molecule has 31 heavy (non-hydrogen) atoms. The normalized spacial score (nSPS) is 16.0. The zero-order chi connectivity index (χ0) is 21.5. The highest BCUT2D eigenvalue weighted by Crippen LogP contribution is 2.39. The van der Waals surface area contributed by atoms with Gasteiger partial charge in [0.15, 0.2) is 11.5 Å². The molecular weight excluding hydrogens is 476 g/mol. The molecule has 0 saturated carbocycles. The minimum atomic E-state index is 0. The van der Waals surface area contributed by atoms with Crippen LogP contribution in [0.25, 0.3) is 0 Å². The van der Waals surface area contributed by atoms with Gasteiger partial charge in [-0.1, -0.05) is 37.6 Å². The van der Waals surface area contributed by atoms with Crippen LogP contribution in [0.2, 0.25) is 5.02 Å². The zero-order valence-electron chi connectivity index (χ0n) is 19.2. The van der Waals surface area contributed by atoms with Gasteiger partial charge in [-0.05, 0) is 73.3 Å². The molecule has 1 heterocycles. The standard InChI is InChI=1S/C25H35ClN2O2.BrH/c1-5-27(6-2)15-16-28-14-13-20-17-24(29-3)25(30-4)18-22(20)23(28)12-9-19-7-10-21(26)11-8-19;/h7-8,10-11,17-18,23H,5-6,9,12-16H2,1-4H3;1H. The minimum Gasteiger partial charge on any atom is -0.493 e. The lowest BCUT2D eigenvalue weighted by Crippen LogP contribution is -2.41. The van der Waals surface area contributed by atoms with E-state index >= 15 is 0 Å². The first kappa shape index (κ1) is 26.0. The molecule has 0 N–H and O–H groups in total. The number of ether oxygens (including phenoxy) is 2. The van der Waals surface area contributed by atoms with Crippen LogP contribution < -0.4 is 9.47 Å². The Labute approximate surface area is 203 Å². The molecule has 4 nitrogen and oxygen atoms in total. The molecule has 172 valence electrons. The second-order valence-electron chi connectivity index (χ2n) is 7.90. The Kier molecular flexibility index (Phi) is 10.6. The van der Waals surface area contributed by atoms with Gasteiger partial charge >= 0.3 is 0 Å².